The van der Waals surface area contributed by atoms with Gasteiger partial charge in [-0.15, -0.1) is 0 Å². The summed E-state index contributed by atoms with van der Waals surface area (Å²) in [6.45, 7) is 0.305. The topological polar surface area (TPSA) is 29.1 Å². The maximum absolute atomic E-state index is 13.0. The minimum absolute atomic E-state index is 0.0888. The van der Waals surface area contributed by atoms with Crippen LogP contribution in [-0.2, 0) is 6.54 Å². The maximum Gasteiger partial charge on any atom is 0.251 e. The SMILES string of the molecule is O=C(NCc1ccccc1Br)c1ccc(F)c(F)c1. The first-order valence-corrected chi connectivity index (χ1v) is 6.34. The lowest BCUT2D eigenvalue weighted by atomic mass is 10.2. The van der Waals surface area contributed by atoms with Gasteiger partial charge in [0.15, 0.2) is 11.6 Å². The summed E-state index contributed by atoms with van der Waals surface area (Å²) in [7, 11) is 0. The first-order valence-electron chi connectivity index (χ1n) is 5.54. The first-order chi connectivity index (χ1) is 9.08. The summed E-state index contributed by atoms with van der Waals surface area (Å²) in [6, 6.07) is 10.5. The molecule has 0 aromatic heterocycles. The number of rotatable bonds is 3. The largest absolute Gasteiger partial charge is 0.348 e. The molecule has 5 heteroatoms. The molecule has 0 radical (unpaired) electrons. The number of amides is 1. The highest BCUT2D eigenvalue weighted by Gasteiger charge is 2.09. The fourth-order valence-electron chi connectivity index (χ4n) is 1.56. The average molecular weight is 326 g/mol. The fourth-order valence-corrected chi connectivity index (χ4v) is 1.98. The Labute approximate surface area is 117 Å². The zero-order valence-corrected chi connectivity index (χ0v) is 11.4. The Kier molecular flexibility index (Phi) is 4.27. The highest BCUT2D eigenvalue weighted by molar-refractivity contribution is 9.10. The van der Waals surface area contributed by atoms with Crippen molar-refractivity contribution < 1.29 is 13.6 Å². The van der Waals surface area contributed by atoms with Crippen molar-refractivity contribution in [1.29, 1.82) is 0 Å². The number of halogens is 3. The molecule has 0 aliphatic rings. The molecule has 19 heavy (non-hydrogen) atoms. The van der Waals surface area contributed by atoms with Gasteiger partial charge < -0.3 is 5.32 Å². The highest BCUT2D eigenvalue weighted by atomic mass is 79.9. The van der Waals surface area contributed by atoms with E-state index in [2.05, 4.69) is 21.2 Å². The predicted molar refractivity (Wildman–Crippen MR) is 71.7 cm³/mol. The normalized spacial score (nSPS) is 10.3. The molecule has 0 aliphatic carbocycles. The van der Waals surface area contributed by atoms with Gasteiger partial charge in [-0.3, -0.25) is 4.79 Å². The van der Waals surface area contributed by atoms with Gasteiger partial charge in [-0.25, -0.2) is 8.78 Å². The fraction of sp³-hybridized carbons (Fsp3) is 0.0714. The zero-order valence-electron chi connectivity index (χ0n) is 9.79. The second-order valence-corrected chi connectivity index (χ2v) is 4.76. The van der Waals surface area contributed by atoms with E-state index in [0.717, 1.165) is 22.2 Å². The van der Waals surface area contributed by atoms with Gasteiger partial charge in [-0.1, -0.05) is 34.1 Å². The van der Waals surface area contributed by atoms with E-state index in [1.165, 1.54) is 6.07 Å². The Balaban J connectivity index is 2.05. The molecule has 0 saturated carbocycles. The lowest BCUT2D eigenvalue weighted by Crippen LogP contribution is -2.23. The number of hydrogen-bond donors (Lipinski definition) is 1. The summed E-state index contributed by atoms with van der Waals surface area (Å²) in [5, 5.41) is 2.64. The second-order valence-electron chi connectivity index (χ2n) is 3.90. The van der Waals surface area contributed by atoms with Crippen LogP contribution in [0.5, 0.6) is 0 Å². The maximum atomic E-state index is 13.0. The summed E-state index contributed by atoms with van der Waals surface area (Å²) < 4.78 is 26.6. The number of carbonyl (C=O) groups is 1. The van der Waals surface area contributed by atoms with E-state index in [4.69, 9.17) is 0 Å². The number of nitrogens with one attached hydrogen (secondary N) is 1. The van der Waals surface area contributed by atoms with Crippen LogP contribution in [-0.4, -0.2) is 5.91 Å². The van der Waals surface area contributed by atoms with Crippen LogP contribution < -0.4 is 5.32 Å². The van der Waals surface area contributed by atoms with Crippen LogP contribution >= 0.6 is 15.9 Å². The van der Waals surface area contributed by atoms with Gasteiger partial charge in [0.25, 0.3) is 5.91 Å². The zero-order chi connectivity index (χ0) is 13.8. The molecule has 2 aromatic carbocycles. The molecule has 0 spiro atoms. The lowest BCUT2D eigenvalue weighted by Gasteiger charge is -2.07. The molecule has 2 nitrogen and oxygen atoms in total. The Hall–Kier alpha value is -1.75. The minimum Gasteiger partial charge on any atom is -0.348 e. The van der Waals surface area contributed by atoms with Crippen LogP contribution in [0, 0.1) is 11.6 Å². The lowest BCUT2D eigenvalue weighted by molar-refractivity contribution is 0.0950. The molecule has 0 fully saturated rings. The third-order valence-electron chi connectivity index (χ3n) is 2.58. The van der Waals surface area contributed by atoms with Crippen molar-refractivity contribution in [3.05, 3.63) is 69.7 Å². The Bertz CT molecular complexity index is 616. The molecule has 1 amide bonds. The molecule has 0 atom stereocenters. The van der Waals surface area contributed by atoms with E-state index in [9.17, 15) is 13.6 Å². The Morgan fingerprint density at radius 3 is 2.53 bits per heavy atom. The molecule has 0 unspecified atom stereocenters. The molecule has 1 N–H and O–H groups in total. The van der Waals surface area contributed by atoms with Crippen molar-refractivity contribution in [2.75, 3.05) is 0 Å². The molecule has 2 rings (SSSR count). The number of benzene rings is 2. The summed E-state index contributed by atoms with van der Waals surface area (Å²) >= 11 is 3.36. The summed E-state index contributed by atoms with van der Waals surface area (Å²) in [5.74, 6) is -2.45. The standard InChI is InChI=1S/C14H10BrF2NO/c15-11-4-2-1-3-10(11)8-18-14(19)9-5-6-12(16)13(17)7-9/h1-7H,8H2,(H,18,19). The van der Waals surface area contributed by atoms with Gasteiger partial charge in [-0.05, 0) is 29.8 Å². The molecule has 98 valence electrons. The van der Waals surface area contributed by atoms with Crippen LogP contribution in [0.3, 0.4) is 0 Å². The summed E-state index contributed by atoms with van der Waals surface area (Å²) in [4.78, 5) is 11.8. The van der Waals surface area contributed by atoms with E-state index < -0.39 is 17.5 Å². The molecular formula is C14H10BrF2NO. The van der Waals surface area contributed by atoms with Crippen LogP contribution in [0.4, 0.5) is 8.78 Å². The van der Waals surface area contributed by atoms with Crippen molar-refractivity contribution in [2.24, 2.45) is 0 Å². The molecule has 2 aromatic rings. The third-order valence-corrected chi connectivity index (χ3v) is 3.35. The van der Waals surface area contributed by atoms with E-state index in [1.807, 2.05) is 24.3 Å². The van der Waals surface area contributed by atoms with Gasteiger partial charge in [0.1, 0.15) is 0 Å². The van der Waals surface area contributed by atoms with Crippen LogP contribution in [0.25, 0.3) is 0 Å². The van der Waals surface area contributed by atoms with E-state index >= 15 is 0 Å². The Morgan fingerprint density at radius 2 is 1.84 bits per heavy atom. The average Bonchev–Trinajstić information content (AvgIpc) is 2.40. The van der Waals surface area contributed by atoms with Gasteiger partial charge in [0.05, 0.1) is 0 Å². The van der Waals surface area contributed by atoms with Crippen LogP contribution in [0.15, 0.2) is 46.9 Å². The molecular weight excluding hydrogens is 316 g/mol. The van der Waals surface area contributed by atoms with Gasteiger partial charge in [-0.2, -0.15) is 0 Å². The summed E-state index contributed by atoms with van der Waals surface area (Å²) in [5.41, 5.74) is 0.990. The second kappa shape index (κ2) is 5.93. The molecule has 0 saturated heterocycles. The highest BCUT2D eigenvalue weighted by Crippen LogP contribution is 2.15. The summed E-state index contributed by atoms with van der Waals surface area (Å²) in [6.07, 6.45) is 0. The van der Waals surface area contributed by atoms with Crippen molar-refractivity contribution >= 4 is 21.8 Å². The van der Waals surface area contributed by atoms with Crippen LogP contribution in [0.1, 0.15) is 15.9 Å². The van der Waals surface area contributed by atoms with Gasteiger partial charge in [0.2, 0.25) is 0 Å². The molecule has 0 bridgehead atoms. The van der Waals surface area contributed by atoms with E-state index in [1.54, 1.807) is 0 Å². The van der Waals surface area contributed by atoms with Gasteiger partial charge >= 0.3 is 0 Å². The van der Waals surface area contributed by atoms with Crippen molar-refractivity contribution in [1.82, 2.24) is 5.32 Å². The Morgan fingerprint density at radius 1 is 1.11 bits per heavy atom. The van der Waals surface area contributed by atoms with Crippen molar-refractivity contribution in [3.63, 3.8) is 0 Å². The van der Waals surface area contributed by atoms with Gasteiger partial charge in [0, 0.05) is 16.6 Å². The van der Waals surface area contributed by atoms with E-state index in [0.29, 0.717) is 6.54 Å². The van der Waals surface area contributed by atoms with Crippen molar-refractivity contribution in [3.8, 4) is 0 Å². The number of carbonyl (C=O) groups excluding carboxylic acids is 1. The minimum atomic E-state index is -1.03. The van der Waals surface area contributed by atoms with E-state index in [-0.39, 0.29) is 5.56 Å². The van der Waals surface area contributed by atoms with Crippen molar-refractivity contribution in [2.45, 2.75) is 6.54 Å². The van der Waals surface area contributed by atoms with Crippen LogP contribution in [0.2, 0.25) is 0 Å². The monoisotopic (exact) mass is 325 g/mol. The molecule has 0 aliphatic heterocycles. The predicted octanol–water partition coefficient (Wildman–Crippen LogP) is 3.66. The first kappa shape index (κ1) is 13.7. The molecule has 0 heterocycles. The quantitative estimate of drug-likeness (QED) is 0.916. The third kappa shape index (κ3) is 3.38. The smallest absolute Gasteiger partial charge is 0.251 e. The number of hydrogen-bond acceptors (Lipinski definition) is 1.